The first kappa shape index (κ1) is 65.3. The van der Waals surface area contributed by atoms with Gasteiger partial charge in [-0.3, -0.25) is 0 Å². The molecule has 2 aliphatic rings. The summed E-state index contributed by atoms with van der Waals surface area (Å²) in [6.07, 6.45) is 0. The van der Waals surface area contributed by atoms with Crippen molar-refractivity contribution in [2.24, 2.45) is 0 Å². The summed E-state index contributed by atoms with van der Waals surface area (Å²) >= 11 is 0. The molecule has 0 spiro atoms. The van der Waals surface area contributed by atoms with Crippen molar-refractivity contribution in [3.8, 4) is 100 Å². The van der Waals surface area contributed by atoms with Gasteiger partial charge >= 0.3 is 0 Å². The van der Waals surface area contributed by atoms with E-state index >= 15 is 0 Å². The summed E-state index contributed by atoms with van der Waals surface area (Å²) in [6, 6.07) is 150. The molecule has 4 heterocycles. The maximum Gasteiger partial charge on any atom is 0.252 e. The van der Waals surface area contributed by atoms with E-state index in [0.29, 0.717) is 0 Å². The molecule has 0 radical (unpaired) electrons. The Morgan fingerprint density at radius 3 is 0.829 bits per heavy atom. The highest BCUT2D eigenvalue weighted by molar-refractivity contribution is 7.00. The number of rotatable bonds is 12. The van der Waals surface area contributed by atoms with Crippen LogP contribution in [0.1, 0.15) is 26.3 Å². The van der Waals surface area contributed by atoms with Crippen molar-refractivity contribution in [3.63, 3.8) is 0 Å². The zero-order valence-corrected chi connectivity index (χ0v) is 62.0. The van der Waals surface area contributed by atoms with Gasteiger partial charge in [-0.1, -0.05) is 336 Å². The van der Waals surface area contributed by atoms with Crippen molar-refractivity contribution < 1.29 is 0 Å². The minimum absolute atomic E-state index is 0.263. The number of anilines is 6. The third-order valence-corrected chi connectivity index (χ3v) is 23.2. The average molecular weight is 1420 g/mol. The fourth-order valence-corrected chi connectivity index (χ4v) is 18.0. The Balaban J connectivity index is 0.886. The molecule has 0 fully saturated rings. The lowest BCUT2D eigenvalue weighted by Crippen LogP contribution is -2.61. The van der Waals surface area contributed by atoms with Gasteiger partial charge in [-0.05, 0) is 179 Å². The van der Waals surface area contributed by atoms with E-state index in [0.717, 1.165) is 134 Å². The van der Waals surface area contributed by atoms with E-state index < -0.39 is 0 Å². The summed E-state index contributed by atoms with van der Waals surface area (Å²) < 4.78 is 5.00. The predicted molar refractivity (Wildman–Crippen MR) is 471 cm³/mol. The maximum absolute atomic E-state index is 2.71. The number of hydrogen-bond donors (Lipinski definition) is 0. The van der Waals surface area contributed by atoms with Crippen LogP contribution < -0.4 is 26.2 Å². The van der Waals surface area contributed by atoms with Crippen molar-refractivity contribution in [2.45, 2.75) is 26.2 Å². The van der Waals surface area contributed by atoms with Crippen molar-refractivity contribution in [1.82, 2.24) is 9.13 Å². The molecule has 0 aliphatic carbocycles. The van der Waals surface area contributed by atoms with Crippen molar-refractivity contribution >= 4 is 101 Å². The first-order valence-electron chi connectivity index (χ1n) is 38.7. The summed E-state index contributed by atoms with van der Waals surface area (Å²) in [5.41, 5.74) is 36.4. The van der Waals surface area contributed by atoms with E-state index in [1.807, 2.05) is 0 Å². The van der Waals surface area contributed by atoms with Crippen molar-refractivity contribution in [1.29, 1.82) is 0 Å². The topological polar surface area (TPSA) is 16.3 Å². The van der Waals surface area contributed by atoms with E-state index in [1.54, 1.807) is 0 Å². The van der Waals surface area contributed by atoms with E-state index in [4.69, 9.17) is 0 Å². The molecule has 0 amide bonds. The number of aromatic nitrogens is 2. The van der Waals surface area contributed by atoms with Crippen LogP contribution in [0.2, 0.25) is 0 Å². The Labute approximate surface area is 648 Å². The Morgan fingerprint density at radius 1 is 0.216 bits per heavy atom. The van der Waals surface area contributed by atoms with Crippen LogP contribution in [0.4, 0.5) is 34.1 Å². The molecular formula is C106H75BN4. The predicted octanol–water partition coefficient (Wildman–Crippen LogP) is 26.6. The number of para-hydroxylation sites is 6. The van der Waals surface area contributed by atoms with Gasteiger partial charge in [0.05, 0.1) is 33.4 Å². The highest BCUT2D eigenvalue weighted by Crippen LogP contribution is 2.55. The molecule has 0 atom stereocenters. The molecule has 0 saturated carbocycles. The zero-order chi connectivity index (χ0) is 73.8. The van der Waals surface area contributed by atoms with Gasteiger partial charge in [0.15, 0.2) is 0 Å². The summed E-state index contributed by atoms with van der Waals surface area (Å²) in [5.74, 6) is 0. The molecule has 2 aromatic heterocycles. The molecule has 111 heavy (non-hydrogen) atoms. The van der Waals surface area contributed by atoms with Gasteiger partial charge in [0.25, 0.3) is 6.71 Å². The van der Waals surface area contributed by atoms with E-state index in [2.05, 4.69) is 440 Å². The number of benzene rings is 17. The first-order chi connectivity index (χ1) is 54.7. The van der Waals surface area contributed by atoms with Crippen molar-refractivity contribution in [3.05, 3.63) is 406 Å². The van der Waals surface area contributed by atoms with E-state index in [9.17, 15) is 0 Å². The highest BCUT2D eigenvalue weighted by Gasteiger charge is 2.46. The average Bonchev–Trinajstić information content (AvgIpc) is 0.823. The number of fused-ring (bicyclic) bond motifs is 10. The number of nitrogens with zero attached hydrogens (tertiary/aromatic N) is 4. The van der Waals surface area contributed by atoms with Crippen LogP contribution in [-0.2, 0) is 5.41 Å². The second-order valence-corrected chi connectivity index (χ2v) is 30.7. The molecule has 0 bridgehead atoms. The van der Waals surface area contributed by atoms with Gasteiger partial charge in [-0.15, -0.1) is 0 Å². The smallest absolute Gasteiger partial charge is 0.252 e. The lowest BCUT2D eigenvalue weighted by atomic mass is 9.33. The minimum atomic E-state index is -0.358. The summed E-state index contributed by atoms with van der Waals surface area (Å²) in [5, 5.41) is 4.88. The highest BCUT2D eigenvalue weighted by atomic mass is 15.2. The normalized spacial score (nSPS) is 12.4. The third-order valence-electron chi connectivity index (χ3n) is 23.2. The zero-order valence-electron chi connectivity index (χ0n) is 62.0. The molecule has 0 saturated heterocycles. The summed E-state index contributed by atoms with van der Waals surface area (Å²) in [4.78, 5) is 5.43. The Kier molecular flexibility index (Phi) is 15.6. The fraction of sp³-hybridized carbons (Fsp3) is 0.0377. The second kappa shape index (κ2) is 26.4. The van der Waals surface area contributed by atoms with Crippen LogP contribution in [0.15, 0.2) is 400 Å². The SMILES string of the molecule is CC(C)(C)c1cc2c3c(c1)N(c1c(-c4ccccc4)cccc1-c1cccc(-c4cccc(-c5ccccc5)c4)c1)c1cc(-n4c5ccccc5c5ccccc54)ccc1B3c1ccc(-n3c4ccccc4c4ccccc43)cc1N2c1c(-c2ccccc2)cccc1-c1cccc(-c2cccc(-c3ccccc3)c2)c1. The third kappa shape index (κ3) is 11.0. The summed E-state index contributed by atoms with van der Waals surface area (Å²) in [6.45, 7) is 6.92. The van der Waals surface area contributed by atoms with Gasteiger partial charge in [0.1, 0.15) is 0 Å². The Hall–Kier alpha value is -14.0. The monoisotopic (exact) mass is 1410 g/mol. The Bertz CT molecular complexity index is 6370. The minimum Gasteiger partial charge on any atom is -0.310 e. The van der Waals surface area contributed by atoms with Crippen LogP contribution in [0, 0.1) is 0 Å². The molecule has 0 N–H and O–H groups in total. The van der Waals surface area contributed by atoms with Crippen LogP contribution in [0.5, 0.6) is 0 Å². The van der Waals surface area contributed by atoms with Crippen molar-refractivity contribution in [2.75, 3.05) is 9.80 Å². The van der Waals surface area contributed by atoms with E-state index in [1.165, 1.54) is 65.8 Å². The van der Waals surface area contributed by atoms with Crippen LogP contribution >= 0.6 is 0 Å². The maximum atomic E-state index is 2.71. The van der Waals surface area contributed by atoms with Gasteiger partial charge in [0.2, 0.25) is 0 Å². The van der Waals surface area contributed by atoms with Crippen LogP contribution in [0.25, 0.3) is 144 Å². The lowest BCUT2D eigenvalue weighted by Gasteiger charge is -2.46. The quantitative estimate of drug-likeness (QED) is 0.113. The molecule has 4 nitrogen and oxygen atoms in total. The molecule has 522 valence electrons. The largest absolute Gasteiger partial charge is 0.310 e. The van der Waals surface area contributed by atoms with Crippen LogP contribution in [0.3, 0.4) is 0 Å². The Morgan fingerprint density at radius 2 is 0.486 bits per heavy atom. The second-order valence-electron chi connectivity index (χ2n) is 30.7. The fourth-order valence-electron chi connectivity index (χ4n) is 18.0. The molecular weight excluding hydrogens is 1340 g/mol. The molecule has 2 aliphatic heterocycles. The molecule has 19 aromatic rings. The van der Waals surface area contributed by atoms with E-state index in [-0.39, 0.29) is 12.1 Å². The van der Waals surface area contributed by atoms with Crippen LogP contribution in [-0.4, -0.2) is 15.8 Å². The van der Waals surface area contributed by atoms with Gasteiger partial charge in [-0.25, -0.2) is 0 Å². The lowest BCUT2D eigenvalue weighted by molar-refractivity contribution is 0.590. The molecule has 5 heteroatoms. The van der Waals surface area contributed by atoms with Gasteiger partial charge < -0.3 is 18.9 Å². The molecule has 21 rings (SSSR count). The van der Waals surface area contributed by atoms with Gasteiger partial charge in [0, 0.05) is 77.9 Å². The molecule has 0 unspecified atom stereocenters. The summed E-state index contributed by atoms with van der Waals surface area (Å²) in [7, 11) is 0. The number of hydrogen-bond acceptors (Lipinski definition) is 2. The van der Waals surface area contributed by atoms with Gasteiger partial charge in [-0.2, -0.15) is 0 Å². The standard InChI is InChI=1S/C106H75BN4/c1-106(2,3)82-66-101-103-102(67-82)111(105-86(73-36-14-7-15-37-73)51-29-53-88(105)81-45-27-43-79(65-81)77-41-25-39-75(63-77)71-32-10-5-11-33-71)100-69-84(109-97-56-22-18-48-91(97)92-49-19-23-57-98(92)109)59-61-94(100)107(103)93-60-58-83(108-95-54-20-16-46-89(95)90-47-17-21-55-96(90)108)68-99(93)110(101)104-85(72-34-12-6-13-35-72)50-28-52-87(104)80-44-26-42-78(64-80)76-40-24-38-74(62-76)70-30-8-4-9-31-70/h4-69H,1-3H3. The molecule has 17 aromatic carbocycles. The first-order valence-corrected chi connectivity index (χ1v) is 38.7.